The quantitative estimate of drug-likeness (QED) is 0.776. The second-order valence-corrected chi connectivity index (χ2v) is 5.50. The number of ether oxygens (including phenoxy) is 1. The Morgan fingerprint density at radius 3 is 2.61 bits per heavy atom. The fourth-order valence-corrected chi connectivity index (χ4v) is 1.83. The van der Waals surface area contributed by atoms with Gasteiger partial charge in [0, 0.05) is 11.8 Å². The second-order valence-electron chi connectivity index (χ2n) is 3.50. The highest BCUT2D eigenvalue weighted by Crippen LogP contribution is 2.13. The van der Waals surface area contributed by atoms with Crippen molar-refractivity contribution in [3.05, 3.63) is 11.8 Å². The van der Waals surface area contributed by atoms with E-state index in [2.05, 4.69) is 9.97 Å². The number of carbonyl (C=O) groups is 1. The Balaban J connectivity index is 3.04. The number of nitrogens with one attached hydrogen (secondary N) is 1. The smallest absolute Gasteiger partial charge is 0.323 e. The van der Waals surface area contributed by atoms with Gasteiger partial charge in [-0.1, -0.05) is 0 Å². The number of sulfonamides is 1. The van der Waals surface area contributed by atoms with Crippen LogP contribution < -0.4 is 9.46 Å². The summed E-state index contributed by atoms with van der Waals surface area (Å²) >= 11 is 0. The van der Waals surface area contributed by atoms with Crippen molar-refractivity contribution in [1.82, 2.24) is 9.97 Å². The molecule has 1 heterocycles. The van der Waals surface area contributed by atoms with E-state index < -0.39 is 21.2 Å². The highest BCUT2D eigenvalue weighted by Gasteiger charge is 2.28. The Labute approximate surface area is 104 Å². The number of rotatable bonds is 5. The number of nitrogens with zero attached hydrogens (tertiary/aromatic N) is 2. The van der Waals surface area contributed by atoms with Gasteiger partial charge in [-0.25, -0.2) is 13.4 Å². The third-order valence-corrected chi connectivity index (χ3v) is 3.69. The molecule has 0 aliphatic heterocycles. The first-order valence-electron chi connectivity index (χ1n) is 4.90. The lowest BCUT2D eigenvalue weighted by atomic mass is 10.4. The molecule has 0 spiro atoms. The van der Waals surface area contributed by atoms with Gasteiger partial charge in [0.25, 0.3) is 0 Å². The first kappa shape index (κ1) is 14.2. The Morgan fingerprint density at radius 2 is 2.11 bits per heavy atom. The predicted octanol–water partition coefficient (Wildman–Crippen LogP) is 0.00842. The molecule has 0 aliphatic carbocycles. The zero-order valence-corrected chi connectivity index (χ0v) is 10.9. The maximum Gasteiger partial charge on any atom is 0.323 e. The van der Waals surface area contributed by atoms with E-state index in [4.69, 9.17) is 9.84 Å². The van der Waals surface area contributed by atoms with Crippen molar-refractivity contribution >= 4 is 21.9 Å². The lowest BCUT2D eigenvalue weighted by Crippen LogP contribution is -2.32. The van der Waals surface area contributed by atoms with Crippen LogP contribution in [0.4, 0.5) is 5.95 Å². The average Bonchev–Trinajstić information content (AvgIpc) is 2.26. The maximum atomic E-state index is 11.6. The van der Waals surface area contributed by atoms with Gasteiger partial charge in [-0.3, -0.25) is 9.52 Å². The van der Waals surface area contributed by atoms with Gasteiger partial charge in [-0.2, -0.15) is 4.98 Å². The molecule has 100 valence electrons. The number of anilines is 1. The van der Waals surface area contributed by atoms with E-state index in [1.165, 1.54) is 13.2 Å². The van der Waals surface area contributed by atoms with Crippen LogP contribution in [0.1, 0.15) is 12.6 Å². The van der Waals surface area contributed by atoms with E-state index in [-0.39, 0.29) is 11.8 Å². The summed E-state index contributed by atoms with van der Waals surface area (Å²) in [5, 5.41) is 7.06. The van der Waals surface area contributed by atoms with E-state index in [0.29, 0.717) is 5.69 Å². The van der Waals surface area contributed by atoms with Gasteiger partial charge in [0.1, 0.15) is 0 Å². The van der Waals surface area contributed by atoms with Crippen molar-refractivity contribution in [2.45, 2.75) is 19.1 Å². The molecule has 0 aromatic carbocycles. The van der Waals surface area contributed by atoms with Crippen LogP contribution in [-0.4, -0.2) is 41.8 Å². The van der Waals surface area contributed by atoms with Gasteiger partial charge in [0.2, 0.25) is 21.9 Å². The molecule has 0 aliphatic rings. The fraction of sp³-hybridized carbons (Fsp3) is 0.444. The van der Waals surface area contributed by atoms with Gasteiger partial charge in [-0.15, -0.1) is 0 Å². The van der Waals surface area contributed by atoms with Crippen LogP contribution in [-0.2, 0) is 14.8 Å². The lowest BCUT2D eigenvalue weighted by molar-refractivity contribution is -0.136. The highest BCUT2D eigenvalue weighted by atomic mass is 32.2. The SMILES string of the molecule is COc1cc(C)nc(NS(=O)(=O)C(C)C(=O)O)n1. The standard InChI is InChI=1S/C9H13N3O5S/c1-5-4-7(17-3)11-9(10-5)12-18(15,16)6(2)8(13)14/h4,6H,1-3H3,(H,13,14)(H,10,11,12). The maximum absolute atomic E-state index is 11.6. The van der Waals surface area contributed by atoms with Crippen LogP contribution in [0.3, 0.4) is 0 Å². The van der Waals surface area contributed by atoms with Crippen molar-refractivity contribution in [2.24, 2.45) is 0 Å². The third-order valence-electron chi connectivity index (χ3n) is 2.09. The molecule has 1 rings (SSSR count). The number of hydrogen-bond acceptors (Lipinski definition) is 6. The molecule has 9 heteroatoms. The molecule has 2 N–H and O–H groups in total. The Kier molecular flexibility index (Phi) is 4.07. The summed E-state index contributed by atoms with van der Waals surface area (Å²) in [6.45, 7) is 2.68. The normalized spacial score (nSPS) is 12.8. The summed E-state index contributed by atoms with van der Waals surface area (Å²) in [5.74, 6) is -1.50. The highest BCUT2D eigenvalue weighted by molar-refractivity contribution is 7.94. The minimum absolute atomic E-state index is 0.183. The largest absolute Gasteiger partial charge is 0.481 e. The Bertz CT molecular complexity index is 557. The zero-order valence-electron chi connectivity index (χ0n) is 10.0. The van der Waals surface area contributed by atoms with Gasteiger partial charge in [0.05, 0.1) is 7.11 Å². The molecule has 1 atom stereocenters. The zero-order chi connectivity index (χ0) is 13.9. The summed E-state index contributed by atoms with van der Waals surface area (Å²) in [6, 6.07) is 1.51. The second kappa shape index (κ2) is 5.17. The first-order valence-corrected chi connectivity index (χ1v) is 6.45. The van der Waals surface area contributed by atoms with Crippen LogP contribution in [0, 0.1) is 6.92 Å². The van der Waals surface area contributed by atoms with Gasteiger partial charge in [0.15, 0.2) is 5.25 Å². The minimum Gasteiger partial charge on any atom is -0.481 e. The molecule has 0 radical (unpaired) electrons. The molecule has 8 nitrogen and oxygen atoms in total. The molecule has 0 saturated carbocycles. The number of carboxylic acid groups (broad SMARTS) is 1. The molecule has 0 fully saturated rings. The van der Waals surface area contributed by atoms with E-state index >= 15 is 0 Å². The van der Waals surface area contributed by atoms with Crippen molar-refractivity contribution in [2.75, 3.05) is 11.8 Å². The average molecular weight is 275 g/mol. The lowest BCUT2D eigenvalue weighted by Gasteiger charge is -2.10. The van der Waals surface area contributed by atoms with Crippen LogP contribution in [0.5, 0.6) is 5.88 Å². The van der Waals surface area contributed by atoms with E-state index in [1.54, 1.807) is 6.92 Å². The fourth-order valence-electron chi connectivity index (χ4n) is 1.04. The number of hydrogen-bond donors (Lipinski definition) is 2. The molecule has 0 amide bonds. The number of aromatic nitrogens is 2. The first-order chi connectivity index (χ1) is 8.26. The monoisotopic (exact) mass is 275 g/mol. The summed E-state index contributed by atoms with van der Waals surface area (Å²) in [4.78, 5) is 18.2. The Morgan fingerprint density at radius 1 is 1.50 bits per heavy atom. The molecule has 0 saturated heterocycles. The molecule has 1 aromatic heterocycles. The molecule has 1 unspecified atom stereocenters. The van der Waals surface area contributed by atoms with E-state index in [1.807, 2.05) is 4.72 Å². The summed E-state index contributed by atoms with van der Waals surface area (Å²) < 4.78 is 30.1. The van der Waals surface area contributed by atoms with Gasteiger partial charge in [-0.05, 0) is 13.8 Å². The van der Waals surface area contributed by atoms with Crippen molar-refractivity contribution in [3.63, 3.8) is 0 Å². The molecule has 0 bridgehead atoms. The molecular formula is C9H13N3O5S. The number of aryl methyl sites for hydroxylation is 1. The van der Waals surface area contributed by atoms with Crippen molar-refractivity contribution in [3.8, 4) is 5.88 Å². The molecule has 18 heavy (non-hydrogen) atoms. The number of methoxy groups -OCH3 is 1. The third kappa shape index (κ3) is 3.29. The van der Waals surface area contributed by atoms with Crippen LogP contribution >= 0.6 is 0 Å². The van der Waals surface area contributed by atoms with E-state index in [0.717, 1.165) is 6.92 Å². The van der Waals surface area contributed by atoms with Crippen molar-refractivity contribution in [1.29, 1.82) is 0 Å². The molecular weight excluding hydrogens is 262 g/mol. The topological polar surface area (TPSA) is 118 Å². The summed E-state index contributed by atoms with van der Waals surface area (Å²) in [7, 11) is -2.71. The number of aliphatic carboxylic acids is 1. The Hall–Kier alpha value is -1.90. The molecule has 1 aromatic rings. The van der Waals surface area contributed by atoms with Gasteiger partial charge >= 0.3 is 5.97 Å². The predicted molar refractivity (Wildman–Crippen MR) is 63.0 cm³/mol. The summed E-state index contributed by atoms with van der Waals surface area (Å²) in [6.07, 6.45) is 0. The van der Waals surface area contributed by atoms with Crippen LogP contribution in [0.15, 0.2) is 6.07 Å². The van der Waals surface area contributed by atoms with Crippen molar-refractivity contribution < 1.29 is 23.1 Å². The number of carboxylic acids is 1. The summed E-state index contributed by atoms with van der Waals surface area (Å²) in [5.41, 5.74) is 0.488. The van der Waals surface area contributed by atoms with E-state index in [9.17, 15) is 13.2 Å². The van der Waals surface area contributed by atoms with Gasteiger partial charge < -0.3 is 9.84 Å². The minimum atomic E-state index is -4.08. The van der Waals surface area contributed by atoms with Crippen LogP contribution in [0.2, 0.25) is 0 Å². The van der Waals surface area contributed by atoms with Crippen LogP contribution in [0.25, 0.3) is 0 Å².